The maximum atomic E-state index is 14.3. The van der Waals surface area contributed by atoms with E-state index in [-0.39, 0.29) is 19.4 Å². The minimum Gasteiger partial charge on any atom is -0.444 e. The highest BCUT2D eigenvalue weighted by atomic mass is 32.2. The molecule has 5 amide bonds. The van der Waals surface area contributed by atoms with Crippen LogP contribution in [0.4, 0.5) is 15.3 Å². The Labute approximate surface area is 288 Å². The number of nitrogens with zero attached hydrogens (tertiary/aromatic N) is 1. The molecule has 14 nitrogen and oxygen atoms in total. The summed E-state index contributed by atoms with van der Waals surface area (Å²) in [6.07, 6.45) is -0.241. The molecule has 4 N–H and O–H groups in total. The average molecular weight is 704 g/mol. The van der Waals surface area contributed by atoms with Gasteiger partial charge in [-0.2, -0.15) is 0 Å². The van der Waals surface area contributed by atoms with Gasteiger partial charge in [-0.25, -0.2) is 18.0 Å². The number of hydrogen-bond donors (Lipinski definition) is 4. The molecular weight excluding hydrogens is 654 g/mol. The Hall–Kier alpha value is -4.14. The van der Waals surface area contributed by atoms with E-state index in [0.29, 0.717) is 18.5 Å². The highest BCUT2D eigenvalue weighted by Crippen LogP contribution is 2.45. The van der Waals surface area contributed by atoms with Gasteiger partial charge in [-0.15, -0.1) is 6.58 Å². The predicted octanol–water partition coefficient (Wildman–Crippen LogP) is 3.43. The van der Waals surface area contributed by atoms with E-state index >= 15 is 0 Å². The van der Waals surface area contributed by atoms with Crippen LogP contribution in [0.3, 0.4) is 0 Å². The van der Waals surface area contributed by atoms with Crippen molar-refractivity contribution in [2.75, 3.05) is 11.9 Å². The van der Waals surface area contributed by atoms with Crippen LogP contribution in [-0.2, 0) is 33.9 Å². The lowest BCUT2D eigenvalue weighted by Gasteiger charge is -2.36. The highest BCUT2D eigenvalue weighted by molar-refractivity contribution is 7.91. The minimum atomic E-state index is -3.91. The Morgan fingerprint density at radius 3 is 2.12 bits per heavy atom. The summed E-state index contributed by atoms with van der Waals surface area (Å²) in [5.74, 6) is -2.82. The van der Waals surface area contributed by atoms with E-state index in [1.807, 2.05) is 19.9 Å². The molecule has 270 valence electrons. The molecule has 3 aliphatic rings. The van der Waals surface area contributed by atoms with Gasteiger partial charge in [-0.05, 0) is 82.6 Å². The van der Waals surface area contributed by atoms with Gasteiger partial charge in [-0.1, -0.05) is 32.9 Å². The molecule has 4 rings (SSSR count). The van der Waals surface area contributed by atoms with Gasteiger partial charge in [0.2, 0.25) is 21.8 Å². The number of rotatable bonds is 10. The second-order valence-corrected chi connectivity index (χ2v) is 17.4. The molecule has 1 saturated heterocycles. The van der Waals surface area contributed by atoms with Crippen molar-refractivity contribution in [2.24, 2.45) is 11.3 Å². The second kappa shape index (κ2) is 13.6. The number of ether oxygens (including phenoxy) is 2. The lowest BCUT2D eigenvalue weighted by Crippen LogP contribution is -2.60. The quantitative estimate of drug-likeness (QED) is 0.265. The number of likely N-dealkylation sites (tertiary alicyclic amines) is 1. The van der Waals surface area contributed by atoms with Crippen LogP contribution < -0.4 is 20.7 Å². The van der Waals surface area contributed by atoms with Crippen LogP contribution in [0.15, 0.2) is 30.9 Å². The largest absolute Gasteiger partial charge is 0.444 e. The summed E-state index contributed by atoms with van der Waals surface area (Å²) < 4.78 is 38.4. The number of carbonyl (C=O) groups excluding carboxylic acids is 5. The fourth-order valence-electron chi connectivity index (χ4n) is 5.98. The molecule has 49 heavy (non-hydrogen) atoms. The topological polar surface area (TPSA) is 189 Å². The SMILES string of the molecule is C=CC1CC1(NC(=O)[C@@H]1C[C@@H](OC(=O)Nc2cc(C)cc(C)c2)CN1C(=O)[C@@H](NC(=O)OC(C)(C)C)C(C)(C)C)C(=O)NS(=O)(=O)C1CC1. The summed E-state index contributed by atoms with van der Waals surface area (Å²) in [4.78, 5) is 68.7. The van der Waals surface area contributed by atoms with Gasteiger partial charge in [0.05, 0.1) is 11.8 Å². The van der Waals surface area contributed by atoms with Gasteiger partial charge in [0.15, 0.2) is 0 Å². The average Bonchev–Trinajstić information content (AvgIpc) is 3.86. The van der Waals surface area contributed by atoms with Crippen LogP contribution in [0, 0.1) is 25.2 Å². The van der Waals surface area contributed by atoms with Crippen LogP contribution in [0.1, 0.15) is 78.4 Å². The summed E-state index contributed by atoms with van der Waals surface area (Å²) in [6.45, 7) is 17.6. The summed E-state index contributed by atoms with van der Waals surface area (Å²) in [5, 5.41) is 7.37. The smallest absolute Gasteiger partial charge is 0.411 e. The molecule has 0 spiro atoms. The van der Waals surface area contributed by atoms with Gasteiger partial charge in [0.25, 0.3) is 5.91 Å². The standard InChI is InChI=1S/C34H49N5O9S/c1-10-21-17-34(21,29(42)38-49(45,46)24-11-12-24)37-27(40)25-16-23(47-30(43)35-22-14-19(2)13-20(3)15-22)18-39(25)28(41)26(32(4,5)6)36-31(44)48-33(7,8)9/h10,13-15,21,23-26H,1,11-12,16-18H2,2-9H3,(H,35,43)(H,36,44)(H,37,40)(H,38,42)/t21?,23-,25+,26-,34?/m1/s1. The molecule has 5 atom stereocenters. The molecule has 0 aromatic heterocycles. The first kappa shape index (κ1) is 37.7. The lowest BCUT2D eigenvalue weighted by molar-refractivity contribution is -0.143. The van der Waals surface area contributed by atoms with E-state index in [9.17, 15) is 32.4 Å². The van der Waals surface area contributed by atoms with Crippen LogP contribution in [0.25, 0.3) is 0 Å². The molecule has 2 unspecified atom stereocenters. The van der Waals surface area contributed by atoms with Crippen molar-refractivity contribution >= 4 is 45.6 Å². The van der Waals surface area contributed by atoms with Crippen LogP contribution in [-0.4, -0.2) is 84.3 Å². The maximum Gasteiger partial charge on any atom is 0.411 e. The van der Waals surface area contributed by atoms with Crippen molar-refractivity contribution in [3.8, 4) is 0 Å². The number of alkyl carbamates (subject to hydrolysis) is 1. The Morgan fingerprint density at radius 2 is 1.61 bits per heavy atom. The third-order valence-electron chi connectivity index (χ3n) is 8.61. The fraction of sp³-hybridized carbons (Fsp3) is 0.618. The van der Waals surface area contributed by atoms with Crippen molar-refractivity contribution in [2.45, 2.75) is 116 Å². The number of sulfonamides is 1. The van der Waals surface area contributed by atoms with Gasteiger partial charge in [0, 0.05) is 18.0 Å². The molecule has 2 aliphatic carbocycles. The van der Waals surface area contributed by atoms with Gasteiger partial charge in [-0.3, -0.25) is 24.4 Å². The third-order valence-corrected chi connectivity index (χ3v) is 10.4. The molecule has 0 bridgehead atoms. The van der Waals surface area contributed by atoms with Crippen LogP contribution in [0.5, 0.6) is 0 Å². The molecule has 1 aromatic rings. The maximum absolute atomic E-state index is 14.3. The highest BCUT2D eigenvalue weighted by Gasteiger charge is 2.62. The number of nitrogens with one attached hydrogen (secondary N) is 4. The normalized spacial score (nSPS) is 24.2. The van der Waals surface area contributed by atoms with Crippen LogP contribution in [0.2, 0.25) is 0 Å². The number of hydrogen-bond acceptors (Lipinski definition) is 9. The first-order valence-corrected chi connectivity index (χ1v) is 18.0. The molecule has 0 radical (unpaired) electrons. The van der Waals surface area contributed by atoms with E-state index in [2.05, 4.69) is 27.3 Å². The zero-order valence-corrected chi connectivity index (χ0v) is 30.3. The molecule has 3 fully saturated rings. The lowest BCUT2D eigenvalue weighted by atomic mass is 9.85. The number of benzene rings is 1. The summed E-state index contributed by atoms with van der Waals surface area (Å²) in [7, 11) is -3.91. The van der Waals surface area contributed by atoms with E-state index in [1.54, 1.807) is 53.7 Å². The van der Waals surface area contributed by atoms with E-state index in [4.69, 9.17) is 9.47 Å². The van der Waals surface area contributed by atoms with E-state index < -0.39 is 85.8 Å². The Kier molecular flexibility index (Phi) is 10.5. The van der Waals surface area contributed by atoms with Gasteiger partial charge >= 0.3 is 12.2 Å². The Morgan fingerprint density at radius 1 is 1.00 bits per heavy atom. The number of carbonyl (C=O) groups is 5. The first-order valence-electron chi connectivity index (χ1n) is 16.4. The molecular formula is C34H49N5O9S. The number of aryl methyl sites for hydroxylation is 2. The second-order valence-electron chi connectivity index (χ2n) is 15.4. The van der Waals surface area contributed by atoms with Gasteiger partial charge in [0.1, 0.15) is 29.3 Å². The number of amides is 5. The monoisotopic (exact) mass is 703 g/mol. The van der Waals surface area contributed by atoms with Crippen molar-refractivity contribution in [1.82, 2.24) is 20.3 Å². The molecule has 1 heterocycles. The Balaban J connectivity index is 1.59. The van der Waals surface area contributed by atoms with Crippen molar-refractivity contribution in [3.63, 3.8) is 0 Å². The minimum absolute atomic E-state index is 0.109. The summed E-state index contributed by atoms with van der Waals surface area (Å²) in [6, 6.07) is 3.08. The van der Waals surface area contributed by atoms with Crippen molar-refractivity contribution in [3.05, 3.63) is 42.0 Å². The first-order chi connectivity index (χ1) is 22.5. The zero-order valence-electron chi connectivity index (χ0n) is 29.5. The van der Waals surface area contributed by atoms with E-state index in [1.165, 1.54) is 11.0 Å². The zero-order chi connectivity index (χ0) is 36.7. The van der Waals surface area contributed by atoms with Crippen molar-refractivity contribution in [1.29, 1.82) is 0 Å². The summed E-state index contributed by atoms with van der Waals surface area (Å²) in [5.41, 5.74) is -0.922. The molecule has 1 aromatic carbocycles. The fourth-order valence-corrected chi connectivity index (χ4v) is 7.34. The third kappa shape index (κ3) is 9.31. The molecule has 2 saturated carbocycles. The Bertz CT molecular complexity index is 1610. The van der Waals surface area contributed by atoms with Crippen LogP contribution >= 0.6 is 0 Å². The number of anilines is 1. The van der Waals surface area contributed by atoms with Crippen molar-refractivity contribution < 1.29 is 41.9 Å². The summed E-state index contributed by atoms with van der Waals surface area (Å²) >= 11 is 0. The predicted molar refractivity (Wildman–Crippen MR) is 182 cm³/mol. The van der Waals surface area contributed by atoms with E-state index in [0.717, 1.165) is 11.1 Å². The van der Waals surface area contributed by atoms with Gasteiger partial charge < -0.3 is 25.0 Å². The molecule has 1 aliphatic heterocycles. The molecule has 15 heteroatoms.